The van der Waals surface area contributed by atoms with Crippen LogP contribution in [0.1, 0.15) is 0 Å². The highest BCUT2D eigenvalue weighted by atomic mass is 16.5. The van der Waals surface area contributed by atoms with E-state index in [1.54, 1.807) is 41.5 Å². The van der Waals surface area contributed by atoms with Crippen LogP contribution in [0.3, 0.4) is 0 Å². The number of carbonyl (C=O) groups excluding carboxylic acids is 1. The van der Waals surface area contributed by atoms with Crippen LogP contribution in [0.2, 0.25) is 0 Å². The van der Waals surface area contributed by atoms with E-state index in [4.69, 9.17) is 9.47 Å². The van der Waals surface area contributed by atoms with E-state index in [9.17, 15) is 14.4 Å². The molecule has 4 rings (SSSR count). The van der Waals surface area contributed by atoms with Crippen molar-refractivity contribution < 1.29 is 14.3 Å². The highest BCUT2D eigenvalue weighted by Gasteiger charge is 2.22. The van der Waals surface area contributed by atoms with Crippen molar-refractivity contribution in [1.82, 2.24) is 23.1 Å². The molecule has 1 aromatic carbocycles. The van der Waals surface area contributed by atoms with E-state index in [-0.39, 0.29) is 17.7 Å². The van der Waals surface area contributed by atoms with Crippen molar-refractivity contribution in [1.29, 1.82) is 0 Å². The fourth-order valence-electron chi connectivity index (χ4n) is 3.36. The van der Waals surface area contributed by atoms with E-state index in [2.05, 4.69) is 4.98 Å². The third-order valence-corrected chi connectivity index (χ3v) is 4.96. The molecule has 4 aromatic rings. The number of methoxy groups -OCH3 is 2. The largest absolute Gasteiger partial charge is 0.497 e. The molecular formula is C19H19N5O5. The minimum atomic E-state index is -0.474. The van der Waals surface area contributed by atoms with Crippen molar-refractivity contribution in [3.8, 4) is 17.0 Å². The molecule has 0 saturated carbocycles. The average Bonchev–Trinajstić information content (AvgIpc) is 3.27. The zero-order valence-electron chi connectivity index (χ0n) is 16.4. The Hall–Kier alpha value is -3.82. The van der Waals surface area contributed by atoms with Gasteiger partial charge in [-0.05, 0) is 24.3 Å². The monoisotopic (exact) mass is 397 g/mol. The Morgan fingerprint density at radius 2 is 1.76 bits per heavy atom. The van der Waals surface area contributed by atoms with Crippen LogP contribution in [-0.4, -0.2) is 43.3 Å². The van der Waals surface area contributed by atoms with Crippen molar-refractivity contribution in [3.63, 3.8) is 0 Å². The van der Waals surface area contributed by atoms with Gasteiger partial charge in [0, 0.05) is 25.9 Å². The van der Waals surface area contributed by atoms with E-state index >= 15 is 0 Å². The highest BCUT2D eigenvalue weighted by molar-refractivity contribution is 5.80. The van der Waals surface area contributed by atoms with Crippen LogP contribution >= 0.6 is 0 Å². The minimum absolute atomic E-state index is 0.105. The lowest BCUT2D eigenvalue weighted by Gasteiger charge is -2.08. The fraction of sp³-hybridized carbons (Fsp3) is 0.263. The summed E-state index contributed by atoms with van der Waals surface area (Å²) in [6.07, 6.45) is 1.72. The first-order valence-corrected chi connectivity index (χ1v) is 8.76. The maximum Gasteiger partial charge on any atom is 0.332 e. The second kappa shape index (κ2) is 6.66. The van der Waals surface area contributed by atoms with Crippen molar-refractivity contribution in [3.05, 3.63) is 51.3 Å². The molecule has 0 fully saturated rings. The number of fused-ring (bicyclic) bond motifs is 3. The van der Waals surface area contributed by atoms with Gasteiger partial charge in [-0.3, -0.25) is 27.7 Å². The van der Waals surface area contributed by atoms with E-state index in [1.807, 2.05) is 12.1 Å². The summed E-state index contributed by atoms with van der Waals surface area (Å²) < 4.78 is 15.6. The Balaban J connectivity index is 2.08. The molecule has 0 atom stereocenters. The number of aromatic nitrogens is 5. The number of nitrogens with zero attached hydrogens (tertiary/aromatic N) is 5. The van der Waals surface area contributed by atoms with Crippen LogP contribution in [-0.2, 0) is 30.2 Å². The lowest BCUT2D eigenvalue weighted by atomic mass is 10.1. The number of esters is 1. The maximum atomic E-state index is 12.8. The molecule has 0 bridgehead atoms. The number of hydrogen-bond donors (Lipinski definition) is 0. The zero-order valence-corrected chi connectivity index (χ0v) is 16.4. The molecule has 0 aliphatic heterocycles. The number of aryl methyl sites for hydroxylation is 1. The zero-order chi connectivity index (χ0) is 20.9. The van der Waals surface area contributed by atoms with Crippen molar-refractivity contribution in [2.45, 2.75) is 6.54 Å². The molecule has 150 valence electrons. The van der Waals surface area contributed by atoms with Crippen LogP contribution in [0.15, 0.2) is 40.1 Å². The first-order chi connectivity index (χ1) is 13.9. The number of ether oxygens (including phenoxy) is 2. The molecule has 29 heavy (non-hydrogen) atoms. The van der Waals surface area contributed by atoms with Gasteiger partial charge in [-0.25, -0.2) is 4.79 Å². The van der Waals surface area contributed by atoms with Gasteiger partial charge >= 0.3 is 11.7 Å². The number of hydrogen-bond acceptors (Lipinski definition) is 6. The molecule has 0 unspecified atom stereocenters. The van der Waals surface area contributed by atoms with E-state index in [0.29, 0.717) is 17.2 Å². The molecule has 0 spiro atoms. The summed E-state index contributed by atoms with van der Waals surface area (Å²) in [7, 11) is 5.84. The van der Waals surface area contributed by atoms with Crippen LogP contribution in [0.25, 0.3) is 28.2 Å². The summed E-state index contributed by atoms with van der Waals surface area (Å²) in [5.74, 6) is 0.583. The third kappa shape index (κ3) is 2.72. The van der Waals surface area contributed by atoms with Gasteiger partial charge in [0.25, 0.3) is 5.56 Å². The molecule has 10 heteroatoms. The molecule has 0 amide bonds. The smallest absolute Gasteiger partial charge is 0.332 e. The summed E-state index contributed by atoms with van der Waals surface area (Å²) in [5, 5.41) is 0. The Labute approximate surface area is 164 Å². The second-order valence-electron chi connectivity index (χ2n) is 6.56. The topological polar surface area (TPSA) is 102 Å². The maximum absolute atomic E-state index is 12.8. The molecule has 10 nitrogen and oxygen atoms in total. The molecule has 0 N–H and O–H groups in total. The van der Waals surface area contributed by atoms with Gasteiger partial charge in [0.05, 0.1) is 19.9 Å². The lowest BCUT2D eigenvalue weighted by molar-refractivity contribution is -0.141. The van der Waals surface area contributed by atoms with Gasteiger partial charge in [-0.1, -0.05) is 0 Å². The van der Waals surface area contributed by atoms with Crippen molar-refractivity contribution in [2.75, 3.05) is 14.2 Å². The second-order valence-corrected chi connectivity index (χ2v) is 6.56. The molecule has 0 aliphatic carbocycles. The Morgan fingerprint density at radius 3 is 2.38 bits per heavy atom. The van der Waals surface area contributed by atoms with Gasteiger partial charge in [-0.15, -0.1) is 0 Å². The number of imidazole rings is 2. The quantitative estimate of drug-likeness (QED) is 0.466. The molecule has 3 aromatic heterocycles. The average molecular weight is 397 g/mol. The summed E-state index contributed by atoms with van der Waals surface area (Å²) in [6, 6.07) is 7.29. The third-order valence-electron chi connectivity index (χ3n) is 4.96. The Bertz CT molecular complexity index is 1370. The first-order valence-electron chi connectivity index (χ1n) is 8.76. The van der Waals surface area contributed by atoms with E-state index in [0.717, 1.165) is 10.1 Å². The Morgan fingerprint density at radius 1 is 1.07 bits per heavy atom. The van der Waals surface area contributed by atoms with Crippen LogP contribution < -0.4 is 16.0 Å². The van der Waals surface area contributed by atoms with Crippen LogP contribution in [0, 0.1) is 0 Å². The number of rotatable bonds is 4. The van der Waals surface area contributed by atoms with Crippen molar-refractivity contribution >= 4 is 22.9 Å². The van der Waals surface area contributed by atoms with E-state index < -0.39 is 17.2 Å². The SMILES string of the molecule is COC(=O)Cn1c(-c2ccc(OC)cc2)cn2c3c(=O)n(C)c(=O)n(C)c3nc12. The molecule has 0 saturated heterocycles. The lowest BCUT2D eigenvalue weighted by Crippen LogP contribution is -2.37. The fourth-order valence-corrected chi connectivity index (χ4v) is 3.36. The molecule has 0 aliphatic rings. The van der Waals surface area contributed by atoms with Gasteiger partial charge in [0.15, 0.2) is 11.2 Å². The molecule has 3 heterocycles. The summed E-state index contributed by atoms with van der Waals surface area (Å²) in [4.78, 5) is 41.5. The molecule has 0 radical (unpaired) electrons. The number of benzene rings is 1. The summed E-state index contributed by atoms with van der Waals surface area (Å²) in [5.41, 5.74) is 1.02. The van der Waals surface area contributed by atoms with Gasteiger partial charge in [0.2, 0.25) is 5.78 Å². The minimum Gasteiger partial charge on any atom is -0.497 e. The van der Waals surface area contributed by atoms with E-state index in [1.165, 1.54) is 18.7 Å². The predicted molar refractivity (Wildman–Crippen MR) is 105 cm³/mol. The van der Waals surface area contributed by atoms with Gasteiger partial charge in [-0.2, -0.15) is 4.98 Å². The standard InChI is InChI=1S/C19H19N5O5/c1-21-16-15(17(26)22(2)19(21)27)24-9-13(11-5-7-12(28-3)8-6-11)23(18(24)20-16)10-14(25)29-4/h5-9H,10H2,1-4H3. The summed E-state index contributed by atoms with van der Waals surface area (Å²) >= 11 is 0. The predicted octanol–water partition coefficient (Wildman–Crippen LogP) is 0.535. The van der Waals surface area contributed by atoms with Gasteiger partial charge < -0.3 is 9.47 Å². The normalized spacial score (nSPS) is 11.3. The van der Waals surface area contributed by atoms with Crippen LogP contribution in [0.5, 0.6) is 5.75 Å². The van der Waals surface area contributed by atoms with Gasteiger partial charge in [0.1, 0.15) is 12.3 Å². The number of carbonyl (C=O) groups is 1. The Kier molecular flexibility index (Phi) is 4.26. The highest BCUT2D eigenvalue weighted by Crippen LogP contribution is 2.27. The summed E-state index contributed by atoms with van der Waals surface area (Å²) in [6.45, 7) is -0.105. The first kappa shape index (κ1) is 18.5. The van der Waals surface area contributed by atoms with Crippen LogP contribution in [0.4, 0.5) is 0 Å². The van der Waals surface area contributed by atoms with Crippen molar-refractivity contribution in [2.24, 2.45) is 14.1 Å². The molecular weight excluding hydrogens is 378 g/mol.